The molecule has 0 saturated carbocycles. The van der Waals surface area contributed by atoms with Gasteiger partial charge < -0.3 is 19.4 Å². The predicted molar refractivity (Wildman–Crippen MR) is 131 cm³/mol. The number of pyridine rings is 1. The summed E-state index contributed by atoms with van der Waals surface area (Å²) in [6.07, 6.45) is 3.06. The van der Waals surface area contributed by atoms with Gasteiger partial charge in [-0.3, -0.25) is 14.9 Å². The van der Waals surface area contributed by atoms with Gasteiger partial charge in [-0.15, -0.1) is 0 Å². The van der Waals surface area contributed by atoms with E-state index in [0.29, 0.717) is 26.2 Å². The van der Waals surface area contributed by atoms with Crippen LogP contribution in [0, 0.1) is 10.1 Å². The molecule has 0 bridgehead atoms. The van der Waals surface area contributed by atoms with Crippen molar-refractivity contribution in [1.82, 2.24) is 15.0 Å². The van der Waals surface area contributed by atoms with E-state index in [1.165, 1.54) is 6.33 Å². The van der Waals surface area contributed by atoms with Crippen molar-refractivity contribution in [3.05, 3.63) is 76.7 Å². The van der Waals surface area contributed by atoms with Gasteiger partial charge in [-0.05, 0) is 24.6 Å². The van der Waals surface area contributed by atoms with Crippen molar-refractivity contribution < 1.29 is 14.5 Å². The molecule has 1 aliphatic heterocycles. The Labute approximate surface area is 203 Å². The number of piperazine rings is 1. The highest BCUT2D eigenvalue weighted by atomic mass is 16.6. The average Bonchev–Trinajstić information content (AvgIpc) is 2.89. The number of hydrogen-bond acceptors (Lipinski definition) is 10. The van der Waals surface area contributed by atoms with E-state index in [1.807, 2.05) is 53.4 Å². The van der Waals surface area contributed by atoms with Gasteiger partial charge in [0.25, 0.3) is 0 Å². The molecule has 3 aromatic rings. The monoisotopic (exact) mass is 477 g/mol. The Hall–Kier alpha value is -4.28. The number of carbonyl (C=O) groups excluding carboxylic acids is 1. The number of ether oxygens (including phenoxy) is 1. The van der Waals surface area contributed by atoms with Gasteiger partial charge in [0, 0.05) is 38.9 Å². The average molecular weight is 478 g/mol. The summed E-state index contributed by atoms with van der Waals surface area (Å²) in [5.74, 6) is 0.710. The van der Waals surface area contributed by atoms with E-state index in [1.54, 1.807) is 18.0 Å². The minimum absolute atomic E-state index is 0.0871. The fourth-order valence-electron chi connectivity index (χ4n) is 4.05. The quantitative estimate of drug-likeness (QED) is 0.259. The molecule has 3 heterocycles. The molecule has 0 radical (unpaired) electrons. The molecule has 2 aromatic heterocycles. The third-order valence-electron chi connectivity index (χ3n) is 5.66. The SMILES string of the molecule is CCOC(=O)CN(Cc1ccccc1)c1ncnc(N2CCN(c3ccccn3)CC2)c1[N+](=O)[O-]. The maximum Gasteiger partial charge on any atom is 0.353 e. The highest BCUT2D eigenvalue weighted by molar-refractivity contribution is 5.79. The largest absolute Gasteiger partial charge is 0.465 e. The summed E-state index contributed by atoms with van der Waals surface area (Å²) < 4.78 is 5.12. The topological polar surface area (TPSA) is 118 Å². The number of rotatable bonds is 9. The molecule has 0 aliphatic carbocycles. The first-order valence-electron chi connectivity index (χ1n) is 11.4. The van der Waals surface area contributed by atoms with E-state index in [2.05, 4.69) is 19.9 Å². The lowest BCUT2D eigenvalue weighted by Gasteiger charge is -2.36. The minimum Gasteiger partial charge on any atom is -0.465 e. The third-order valence-corrected chi connectivity index (χ3v) is 5.66. The lowest BCUT2D eigenvalue weighted by Crippen LogP contribution is -2.47. The number of nitrogens with zero attached hydrogens (tertiary/aromatic N) is 7. The second kappa shape index (κ2) is 11.2. The molecule has 182 valence electrons. The summed E-state index contributed by atoms with van der Waals surface area (Å²) in [7, 11) is 0. The second-order valence-electron chi connectivity index (χ2n) is 7.94. The molecule has 11 heteroatoms. The van der Waals surface area contributed by atoms with Crippen molar-refractivity contribution >= 4 is 29.1 Å². The molecule has 1 aromatic carbocycles. The van der Waals surface area contributed by atoms with Crippen LogP contribution in [0.25, 0.3) is 0 Å². The van der Waals surface area contributed by atoms with Gasteiger partial charge in [-0.1, -0.05) is 36.4 Å². The second-order valence-corrected chi connectivity index (χ2v) is 7.94. The van der Waals surface area contributed by atoms with Gasteiger partial charge in [0.1, 0.15) is 18.7 Å². The molecular formula is C24H27N7O4. The van der Waals surface area contributed by atoms with Gasteiger partial charge in [0.2, 0.25) is 11.6 Å². The zero-order valence-electron chi connectivity index (χ0n) is 19.5. The number of carbonyl (C=O) groups is 1. The molecule has 4 rings (SSSR count). The lowest BCUT2D eigenvalue weighted by atomic mass is 10.2. The third kappa shape index (κ3) is 5.81. The molecule has 0 spiro atoms. The van der Waals surface area contributed by atoms with Gasteiger partial charge >= 0.3 is 11.7 Å². The van der Waals surface area contributed by atoms with Crippen molar-refractivity contribution in [1.29, 1.82) is 0 Å². The molecule has 1 saturated heterocycles. The zero-order valence-corrected chi connectivity index (χ0v) is 19.5. The molecule has 11 nitrogen and oxygen atoms in total. The van der Waals surface area contributed by atoms with E-state index < -0.39 is 10.9 Å². The van der Waals surface area contributed by atoms with Crippen LogP contribution in [0.3, 0.4) is 0 Å². The first-order valence-corrected chi connectivity index (χ1v) is 11.4. The summed E-state index contributed by atoms with van der Waals surface area (Å²) in [5, 5.41) is 12.3. The lowest BCUT2D eigenvalue weighted by molar-refractivity contribution is -0.383. The zero-order chi connectivity index (χ0) is 24.6. The molecule has 35 heavy (non-hydrogen) atoms. The standard InChI is InChI=1S/C24H27N7O4/c1-2-35-21(32)17-30(16-19-8-4-3-5-9-19)24-22(31(33)34)23(26-18-27-24)29-14-12-28(13-15-29)20-10-6-7-11-25-20/h3-11,18H,2,12-17H2,1H3. The maximum absolute atomic E-state index is 12.4. The maximum atomic E-state index is 12.4. The van der Waals surface area contributed by atoms with Crippen molar-refractivity contribution in [3.63, 3.8) is 0 Å². The van der Waals surface area contributed by atoms with Crippen LogP contribution >= 0.6 is 0 Å². The highest BCUT2D eigenvalue weighted by Crippen LogP contribution is 2.35. The van der Waals surface area contributed by atoms with Crippen molar-refractivity contribution in [3.8, 4) is 0 Å². The van der Waals surface area contributed by atoms with Crippen LogP contribution in [-0.2, 0) is 16.1 Å². The van der Waals surface area contributed by atoms with Crippen LogP contribution in [0.5, 0.6) is 0 Å². The number of benzene rings is 1. The van der Waals surface area contributed by atoms with Crippen molar-refractivity contribution in [2.45, 2.75) is 13.5 Å². The summed E-state index contributed by atoms with van der Waals surface area (Å²) in [4.78, 5) is 42.7. The van der Waals surface area contributed by atoms with E-state index in [0.717, 1.165) is 11.4 Å². The van der Waals surface area contributed by atoms with E-state index in [-0.39, 0.29) is 37.0 Å². The van der Waals surface area contributed by atoms with E-state index in [4.69, 9.17) is 4.74 Å². The highest BCUT2D eigenvalue weighted by Gasteiger charge is 2.32. The fourth-order valence-corrected chi connectivity index (χ4v) is 4.05. The van der Waals surface area contributed by atoms with Crippen molar-refractivity contribution in [2.24, 2.45) is 0 Å². The van der Waals surface area contributed by atoms with E-state index >= 15 is 0 Å². The van der Waals surface area contributed by atoms with Crippen LogP contribution in [-0.4, -0.2) is 65.2 Å². The number of esters is 1. The Bertz CT molecular complexity index is 1140. The van der Waals surface area contributed by atoms with Crippen LogP contribution in [0.4, 0.5) is 23.1 Å². The molecule has 0 N–H and O–H groups in total. The predicted octanol–water partition coefficient (Wildman–Crippen LogP) is 2.68. The van der Waals surface area contributed by atoms with Crippen molar-refractivity contribution in [2.75, 3.05) is 54.0 Å². The molecule has 1 fully saturated rings. The molecule has 0 amide bonds. The molecule has 0 atom stereocenters. The Balaban J connectivity index is 1.62. The van der Waals surface area contributed by atoms with Crippen LogP contribution in [0.15, 0.2) is 61.1 Å². The van der Waals surface area contributed by atoms with Gasteiger partial charge in [-0.25, -0.2) is 15.0 Å². The normalized spacial score (nSPS) is 13.4. The summed E-state index contributed by atoms with van der Waals surface area (Å²) >= 11 is 0. The summed E-state index contributed by atoms with van der Waals surface area (Å²) in [5.41, 5.74) is 0.661. The minimum atomic E-state index is -0.484. The summed E-state index contributed by atoms with van der Waals surface area (Å²) in [6, 6.07) is 15.2. The number of anilines is 3. The fraction of sp³-hybridized carbons (Fsp3) is 0.333. The molecular weight excluding hydrogens is 450 g/mol. The number of nitro groups is 1. The number of hydrogen-bond donors (Lipinski definition) is 0. The van der Waals surface area contributed by atoms with Gasteiger partial charge in [0.05, 0.1) is 11.5 Å². The Kier molecular flexibility index (Phi) is 7.66. The van der Waals surface area contributed by atoms with Crippen LogP contribution in [0.1, 0.15) is 12.5 Å². The van der Waals surface area contributed by atoms with Crippen LogP contribution in [0.2, 0.25) is 0 Å². The Morgan fingerprint density at radius 2 is 1.74 bits per heavy atom. The van der Waals surface area contributed by atoms with Crippen LogP contribution < -0.4 is 14.7 Å². The first-order chi connectivity index (χ1) is 17.1. The Morgan fingerprint density at radius 3 is 2.40 bits per heavy atom. The molecule has 0 unspecified atom stereocenters. The Morgan fingerprint density at radius 1 is 1.03 bits per heavy atom. The number of aromatic nitrogens is 3. The van der Waals surface area contributed by atoms with E-state index in [9.17, 15) is 14.9 Å². The first kappa shape index (κ1) is 23.9. The van der Waals surface area contributed by atoms with Gasteiger partial charge in [0.15, 0.2) is 0 Å². The van der Waals surface area contributed by atoms with Gasteiger partial charge in [-0.2, -0.15) is 0 Å². The molecule has 1 aliphatic rings. The summed E-state index contributed by atoms with van der Waals surface area (Å²) in [6.45, 7) is 4.37. The smallest absolute Gasteiger partial charge is 0.353 e.